The zero-order valence-electron chi connectivity index (χ0n) is 12.3. The minimum Gasteiger partial charge on any atom is -0.376 e. The number of amides is 1. The minimum atomic E-state index is -0.310. The summed E-state index contributed by atoms with van der Waals surface area (Å²) in [5.41, 5.74) is 5.00. The molecule has 0 bridgehead atoms. The monoisotopic (exact) mass is 299 g/mol. The standard InChI is InChI=1S/C17H18FN3O/c1-2-16(13-6-4-3-5-7-13)20-21-17(22)12-19-15-10-8-14(18)9-11-15/h3-11,19H,2,12H2,1H3,(H,21,22). The van der Waals surface area contributed by atoms with E-state index >= 15 is 0 Å². The van der Waals surface area contributed by atoms with Gasteiger partial charge in [0.1, 0.15) is 5.82 Å². The van der Waals surface area contributed by atoms with Crippen LogP contribution in [0.3, 0.4) is 0 Å². The number of hydrogen-bond donors (Lipinski definition) is 2. The third kappa shape index (κ3) is 4.70. The molecular formula is C17H18FN3O. The number of benzene rings is 2. The highest BCUT2D eigenvalue weighted by molar-refractivity contribution is 6.00. The van der Waals surface area contributed by atoms with Crippen LogP contribution in [0.4, 0.5) is 10.1 Å². The van der Waals surface area contributed by atoms with Gasteiger partial charge in [-0.3, -0.25) is 4.79 Å². The van der Waals surface area contributed by atoms with Crippen molar-refractivity contribution in [2.24, 2.45) is 5.10 Å². The summed E-state index contributed by atoms with van der Waals surface area (Å²) in [5, 5.41) is 7.06. The van der Waals surface area contributed by atoms with Gasteiger partial charge in [0.25, 0.3) is 5.91 Å². The molecule has 0 heterocycles. The van der Waals surface area contributed by atoms with Gasteiger partial charge in [0.05, 0.1) is 12.3 Å². The van der Waals surface area contributed by atoms with Crippen LogP contribution in [0.1, 0.15) is 18.9 Å². The largest absolute Gasteiger partial charge is 0.376 e. The summed E-state index contributed by atoms with van der Waals surface area (Å²) >= 11 is 0. The van der Waals surface area contributed by atoms with E-state index in [0.29, 0.717) is 5.69 Å². The van der Waals surface area contributed by atoms with Gasteiger partial charge in [0, 0.05) is 5.69 Å². The van der Waals surface area contributed by atoms with Crippen molar-refractivity contribution < 1.29 is 9.18 Å². The Morgan fingerprint density at radius 3 is 2.41 bits per heavy atom. The molecule has 0 aromatic heterocycles. The zero-order chi connectivity index (χ0) is 15.8. The second-order valence-electron chi connectivity index (χ2n) is 4.67. The molecule has 2 aromatic rings. The van der Waals surface area contributed by atoms with E-state index in [1.54, 1.807) is 12.1 Å². The third-order valence-electron chi connectivity index (χ3n) is 3.05. The van der Waals surface area contributed by atoms with Gasteiger partial charge in [-0.2, -0.15) is 5.10 Å². The number of rotatable bonds is 6. The summed E-state index contributed by atoms with van der Waals surface area (Å²) in [7, 11) is 0. The molecule has 2 aromatic carbocycles. The highest BCUT2D eigenvalue weighted by atomic mass is 19.1. The zero-order valence-corrected chi connectivity index (χ0v) is 12.3. The van der Waals surface area contributed by atoms with Crippen molar-refractivity contribution in [3.63, 3.8) is 0 Å². The van der Waals surface area contributed by atoms with Crippen molar-refractivity contribution in [2.75, 3.05) is 11.9 Å². The van der Waals surface area contributed by atoms with Crippen LogP contribution in [0.25, 0.3) is 0 Å². The number of anilines is 1. The summed E-state index contributed by atoms with van der Waals surface area (Å²) < 4.78 is 12.8. The molecule has 0 saturated heterocycles. The molecule has 0 fully saturated rings. The number of nitrogens with zero attached hydrogens (tertiary/aromatic N) is 1. The Labute approximate surface area is 129 Å². The number of nitrogens with one attached hydrogen (secondary N) is 2. The molecule has 0 saturated carbocycles. The Kier molecular flexibility index (Phi) is 5.65. The van der Waals surface area contributed by atoms with E-state index in [1.165, 1.54) is 12.1 Å². The van der Waals surface area contributed by atoms with E-state index in [4.69, 9.17) is 0 Å². The predicted octanol–water partition coefficient (Wildman–Crippen LogP) is 3.17. The molecule has 2 N–H and O–H groups in total. The number of hydrogen-bond acceptors (Lipinski definition) is 3. The second-order valence-corrected chi connectivity index (χ2v) is 4.67. The van der Waals surface area contributed by atoms with E-state index in [1.807, 2.05) is 37.3 Å². The van der Waals surface area contributed by atoms with Crippen molar-refractivity contribution in [1.29, 1.82) is 0 Å². The Bertz CT molecular complexity index is 639. The fourth-order valence-corrected chi connectivity index (χ4v) is 1.90. The molecule has 0 unspecified atom stereocenters. The summed E-state index contributed by atoms with van der Waals surface area (Å²) in [6, 6.07) is 15.5. The molecule has 1 amide bonds. The van der Waals surface area contributed by atoms with Crippen LogP contribution in [-0.2, 0) is 4.79 Å². The van der Waals surface area contributed by atoms with Crippen molar-refractivity contribution in [3.05, 3.63) is 66.0 Å². The Morgan fingerprint density at radius 1 is 1.09 bits per heavy atom. The van der Waals surface area contributed by atoms with Gasteiger partial charge in [-0.15, -0.1) is 0 Å². The first-order chi connectivity index (χ1) is 10.7. The maximum Gasteiger partial charge on any atom is 0.259 e. The highest BCUT2D eigenvalue weighted by Gasteiger charge is 2.03. The lowest BCUT2D eigenvalue weighted by Crippen LogP contribution is -2.27. The van der Waals surface area contributed by atoms with Crippen LogP contribution in [0.5, 0.6) is 0 Å². The highest BCUT2D eigenvalue weighted by Crippen LogP contribution is 2.07. The van der Waals surface area contributed by atoms with E-state index in [-0.39, 0.29) is 18.3 Å². The third-order valence-corrected chi connectivity index (χ3v) is 3.05. The van der Waals surface area contributed by atoms with Crippen molar-refractivity contribution in [1.82, 2.24) is 5.43 Å². The Hall–Kier alpha value is -2.69. The molecular weight excluding hydrogens is 281 g/mol. The maximum atomic E-state index is 12.8. The first-order valence-electron chi connectivity index (χ1n) is 7.09. The van der Waals surface area contributed by atoms with Crippen molar-refractivity contribution >= 4 is 17.3 Å². The smallest absolute Gasteiger partial charge is 0.259 e. The van der Waals surface area contributed by atoms with Crippen LogP contribution < -0.4 is 10.7 Å². The maximum absolute atomic E-state index is 12.8. The molecule has 0 atom stereocenters. The number of carbonyl (C=O) groups excluding carboxylic acids is 1. The van der Waals surface area contributed by atoms with Crippen LogP contribution in [-0.4, -0.2) is 18.2 Å². The molecule has 0 spiro atoms. The van der Waals surface area contributed by atoms with Crippen LogP contribution in [0.2, 0.25) is 0 Å². The number of carbonyl (C=O) groups is 1. The minimum absolute atomic E-state index is 0.0704. The van der Waals surface area contributed by atoms with E-state index < -0.39 is 0 Å². The topological polar surface area (TPSA) is 53.5 Å². The van der Waals surface area contributed by atoms with Gasteiger partial charge in [-0.25, -0.2) is 9.82 Å². The Balaban J connectivity index is 1.88. The van der Waals surface area contributed by atoms with Gasteiger partial charge in [-0.1, -0.05) is 37.3 Å². The molecule has 2 rings (SSSR count). The Morgan fingerprint density at radius 2 is 1.77 bits per heavy atom. The van der Waals surface area contributed by atoms with Crippen LogP contribution in [0.15, 0.2) is 59.7 Å². The molecule has 0 radical (unpaired) electrons. The average Bonchev–Trinajstić information content (AvgIpc) is 2.56. The summed E-state index contributed by atoms with van der Waals surface area (Å²) in [5.74, 6) is -0.568. The summed E-state index contributed by atoms with van der Waals surface area (Å²) in [6.07, 6.45) is 0.718. The van der Waals surface area contributed by atoms with Crippen molar-refractivity contribution in [3.8, 4) is 0 Å². The quantitative estimate of drug-likeness (QED) is 0.636. The normalized spacial score (nSPS) is 11.1. The van der Waals surface area contributed by atoms with Gasteiger partial charge < -0.3 is 5.32 Å². The number of halogens is 1. The molecule has 0 aliphatic rings. The molecule has 114 valence electrons. The van der Waals surface area contributed by atoms with E-state index in [2.05, 4.69) is 15.8 Å². The van der Waals surface area contributed by atoms with E-state index in [9.17, 15) is 9.18 Å². The average molecular weight is 299 g/mol. The van der Waals surface area contributed by atoms with Crippen LogP contribution >= 0.6 is 0 Å². The van der Waals surface area contributed by atoms with Crippen molar-refractivity contribution in [2.45, 2.75) is 13.3 Å². The van der Waals surface area contributed by atoms with Gasteiger partial charge in [-0.05, 0) is 36.2 Å². The van der Waals surface area contributed by atoms with Gasteiger partial charge in [0.15, 0.2) is 0 Å². The fraction of sp³-hybridized carbons (Fsp3) is 0.176. The summed E-state index contributed by atoms with van der Waals surface area (Å²) in [6.45, 7) is 2.05. The van der Waals surface area contributed by atoms with E-state index in [0.717, 1.165) is 17.7 Å². The first kappa shape index (κ1) is 15.7. The molecule has 0 aliphatic carbocycles. The fourth-order valence-electron chi connectivity index (χ4n) is 1.90. The molecule has 4 nitrogen and oxygen atoms in total. The van der Waals surface area contributed by atoms with Gasteiger partial charge >= 0.3 is 0 Å². The summed E-state index contributed by atoms with van der Waals surface area (Å²) in [4.78, 5) is 11.8. The predicted molar refractivity (Wildman–Crippen MR) is 86.3 cm³/mol. The SMILES string of the molecule is CCC(=NNC(=O)CNc1ccc(F)cc1)c1ccccc1. The number of hydrazone groups is 1. The molecule has 22 heavy (non-hydrogen) atoms. The first-order valence-corrected chi connectivity index (χ1v) is 7.09. The van der Waals surface area contributed by atoms with Crippen LogP contribution in [0, 0.1) is 5.82 Å². The second kappa shape index (κ2) is 7.93. The molecule has 5 heteroatoms. The lowest BCUT2D eigenvalue weighted by atomic mass is 10.1. The lowest BCUT2D eigenvalue weighted by molar-refractivity contribution is -0.119. The molecule has 0 aliphatic heterocycles. The van der Waals surface area contributed by atoms with Gasteiger partial charge in [0.2, 0.25) is 0 Å². The lowest BCUT2D eigenvalue weighted by Gasteiger charge is -2.07.